The first-order chi connectivity index (χ1) is 14.4. The van der Waals surface area contributed by atoms with E-state index < -0.39 is 0 Å². The summed E-state index contributed by atoms with van der Waals surface area (Å²) in [5.41, 5.74) is 4.00. The van der Waals surface area contributed by atoms with Gasteiger partial charge in [-0.3, -0.25) is 9.59 Å². The molecule has 30 heavy (non-hydrogen) atoms. The van der Waals surface area contributed by atoms with Crippen LogP contribution in [0.3, 0.4) is 0 Å². The number of fused-ring (bicyclic) bond motifs is 1. The number of carbonyl (C=O) groups is 2. The van der Waals surface area contributed by atoms with Gasteiger partial charge in [-0.05, 0) is 68.7 Å². The Morgan fingerprint density at radius 2 is 1.73 bits per heavy atom. The first-order valence-corrected chi connectivity index (χ1v) is 10.8. The minimum Gasteiger partial charge on any atom is -0.494 e. The molecule has 158 valence electrons. The largest absolute Gasteiger partial charge is 0.494 e. The molecule has 0 radical (unpaired) electrons. The molecule has 0 saturated carbocycles. The molecule has 1 amide bonds. The molecule has 2 aromatic carbocycles. The second kappa shape index (κ2) is 9.71. The quantitative estimate of drug-likeness (QED) is 0.537. The molecule has 0 aliphatic heterocycles. The third kappa shape index (κ3) is 5.16. The fourth-order valence-corrected chi connectivity index (χ4v) is 4.21. The van der Waals surface area contributed by atoms with Crippen LogP contribution >= 0.6 is 11.3 Å². The summed E-state index contributed by atoms with van der Waals surface area (Å²) in [6.45, 7) is 8.68. The van der Waals surface area contributed by atoms with E-state index in [1.165, 1.54) is 11.3 Å². The van der Waals surface area contributed by atoms with E-state index >= 15 is 0 Å². The van der Waals surface area contributed by atoms with Crippen LogP contribution in [-0.4, -0.2) is 29.7 Å². The number of thiazole rings is 1. The van der Waals surface area contributed by atoms with Crippen molar-refractivity contribution in [2.24, 2.45) is 4.99 Å². The Balaban J connectivity index is 1.94. The summed E-state index contributed by atoms with van der Waals surface area (Å²) < 4.78 is 13.3. The molecular weight excluding hydrogens is 400 g/mol. The molecule has 3 aromatic rings. The minimum atomic E-state index is -0.351. The number of amides is 1. The summed E-state index contributed by atoms with van der Waals surface area (Å²) in [5, 5.41) is 0. The van der Waals surface area contributed by atoms with Crippen molar-refractivity contribution in [2.45, 2.75) is 40.7 Å². The number of benzene rings is 2. The zero-order valence-corrected chi connectivity index (χ0v) is 18.5. The number of hydrogen-bond donors (Lipinski definition) is 0. The molecule has 0 saturated heterocycles. The predicted octanol–water partition coefficient (Wildman–Crippen LogP) is 3.95. The number of hydrogen-bond acceptors (Lipinski definition) is 5. The lowest BCUT2D eigenvalue weighted by Gasteiger charge is -2.06. The highest BCUT2D eigenvalue weighted by Gasteiger charge is 2.13. The van der Waals surface area contributed by atoms with E-state index in [2.05, 4.69) is 11.1 Å². The fourth-order valence-electron chi connectivity index (χ4n) is 3.09. The van der Waals surface area contributed by atoms with Crippen LogP contribution in [0.4, 0.5) is 0 Å². The molecule has 0 atom stereocenters. The van der Waals surface area contributed by atoms with Crippen molar-refractivity contribution in [3.05, 3.63) is 57.9 Å². The number of carbonyl (C=O) groups excluding carboxylic acids is 2. The van der Waals surface area contributed by atoms with Gasteiger partial charge in [-0.15, -0.1) is 0 Å². The second-order valence-corrected chi connectivity index (χ2v) is 7.95. The van der Waals surface area contributed by atoms with Gasteiger partial charge in [-0.25, -0.2) is 0 Å². The summed E-state index contributed by atoms with van der Waals surface area (Å²) in [6, 6.07) is 11.5. The SMILES string of the molecule is CCOC(=O)Cn1c(=NC(=O)Cc2ccc(OCC)cc2)sc2cc(C)c(C)cc21. The Morgan fingerprint density at radius 3 is 2.40 bits per heavy atom. The average Bonchev–Trinajstić information content (AvgIpc) is 3.00. The Labute approximate surface area is 179 Å². The van der Waals surface area contributed by atoms with Gasteiger partial charge >= 0.3 is 5.97 Å². The smallest absolute Gasteiger partial charge is 0.326 e. The predicted molar refractivity (Wildman–Crippen MR) is 118 cm³/mol. The molecule has 1 aromatic heterocycles. The van der Waals surface area contributed by atoms with Gasteiger partial charge in [0.2, 0.25) is 0 Å². The Morgan fingerprint density at radius 1 is 1.03 bits per heavy atom. The van der Waals surface area contributed by atoms with Crippen molar-refractivity contribution in [3.8, 4) is 5.75 Å². The van der Waals surface area contributed by atoms with Gasteiger partial charge in [-0.2, -0.15) is 4.99 Å². The highest BCUT2D eigenvalue weighted by atomic mass is 32.1. The number of ether oxygens (including phenoxy) is 2. The highest BCUT2D eigenvalue weighted by molar-refractivity contribution is 7.16. The van der Waals surface area contributed by atoms with Gasteiger partial charge in [0.05, 0.1) is 29.9 Å². The number of aryl methyl sites for hydroxylation is 2. The van der Waals surface area contributed by atoms with E-state index in [0.29, 0.717) is 18.0 Å². The Bertz CT molecular complexity index is 1130. The minimum absolute atomic E-state index is 0.0194. The molecular formula is C23H26N2O4S. The van der Waals surface area contributed by atoms with Crippen LogP contribution in [0.1, 0.15) is 30.5 Å². The lowest BCUT2D eigenvalue weighted by atomic mass is 10.1. The van der Waals surface area contributed by atoms with Crippen LogP contribution in [0, 0.1) is 13.8 Å². The maximum Gasteiger partial charge on any atom is 0.326 e. The van der Waals surface area contributed by atoms with Gasteiger partial charge < -0.3 is 14.0 Å². The van der Waals surface area contributed by atoms with Crippen LogP contribution in [0.5, 0.6) is 5.75 Å². The number of aromatic nitrogens is 1. The van der Waals surface area contributed by atoms with Crippen molar-refractivity contribution in [2.75, 3.05) is 13.2 Å². The van der Waals surface area contributed by atoms with E-state index in [1.54, 1.807) is 11.5 Å². The zero-order valence-electron chi connectivity index (χ0n) is 17.7. The van der Waals surface area contributed by atoms with E-state index in [-0.39, 0.29) is 24.8 Å². The maximum atomic E-state index is 12.6. The number of rotatable bonds is 7. The summed E-state index contributed by atoms with van der Waals surface area (Å²) in [4.78, 5) is 29.6. The Hall–Kier alpha value is -2.93. The molecule has 3 rings (SSSR count). The highest BCUT2D eigenvalue weighted by Crippen LogP contribution is 2.22. The zero-order chi connectivity index (χ0) is 21.7. The van der Waals surface area contributed by atoms with E-state index in [4.69, 9.17) is 9.47 Å². The maximum absolute atomic E-state index is 12.6. The standard InChI is InChI=1S/C23H26N2O4S/c1-5-28-18-9-7-17(8-10-18)13-21(26)24-23-25(14-22(27)29-6-2)19-11-15(3)16(4)12-20(19)30-23/h7-12H,5-6,13-14H2,1-4H3. The average molecular weight is 427 g/mol. The van der Waals surface area contributed by atoms with Crippen LogP contribution in [0.2, 0.25) is 0 Å². The van der Waals surface area contributed by atoms with Crippen molar-refractivity contribution < 1.29 is 19.1 Å². The van der Waals surface area contributed by atoms with Crippen molar-refractivity contribution in [3.63, 3.8) is 0 Å². The molecule has 0 N–H and O–H groups in total. The molecule has 0 bridgehead atoms. The first-order valence-electron chi connectivity index (χ1n) is 9.96. The second-order valence-electron chi connectivity index (χ2n) is 6.94. The van der Waals surface area contributed by atoms with E-state index in [1.807, 2.05) is 51.1 Å². The van der Waals surface area contributed by atoms with E-state index in [9.17, 15) is 9.59 Å². The molecule has 6 nitrogen and oxygen atoms in total. The monoisotopic (exact) mass is 426 g/mol. The molecule has 7 heteroatoms. The van der Waals surface area contributed by atoms with Gasteiger partial charge in [0, 0.05) is 0 Å². The third-order valence-corrected chi connectivity index (χ3v) is 5.74. The molecule has 0 spiro atoms. The summed E-state index contributed by atoms with van der Waals surface area (Å²) in [6.07, 6.45) is 0.179. The lowest BCUT2D eigenvalue weighted by molar-refractivity contribution is -0.143. The molecule has 0 fully saturated rings. The van der Waals surface area contributed by atoms with Crippen LogP contribution < -0.4 is 9.54 Å². The topological polar surface area (TPSA) is 69.9 Å². The number of esters is 1. The molecule has 0 aliphatic carbocycles. The van der Waals surface area contributed by atoms with Gasteiger partial charge in [-0.1, -0.05) is 23.5 Å². The van der Waals surface area contributed by atoms with Crippen LogP contribution in [0.25, 0.3) is 10.2 Å². The Kier molecular flexibility index (Phi) is 7.05. The fraction of sp³-hybridized carbons (Fsp3) is 0.348. The van der Waals surface area contributed by atoms with Crippen LogP contribution in [-0.2, 0) is 27.3 Å². The van der Waals surface area contributed by atoms with Crippen molar-refractivity contribution in [1.29, 1.82) is 0 Å². The summed E-state index contributed by atoms with van der Waals surface area (Å²) in [7, 11) is 0. The summed E-state index contributed by atoms with van der Waals surface area (Å²) >= 11 is 1.40. The first kappa shape index (κ1) is 21.8. The molecule has 0 aliphatic rings. The normalized spacial score (nSPS) is 11.7. The van der Waals surface area contributed by atoms with Gasteiger partial charge in [0.15, 0.2) is 4.80 Å². The lowest BCUT2D eigenvalue weighted by Crippen LogP contribution is -2.23. The van der Waals surface area contributed by atoms with Crippen molar-refractivity contribution in [1.82, 2.24) is 4.57 Å². The summed E-state index contributed by atoms with van der Waals surface area (Å²) in [5.74, 6) is 0.153. The van der Waals surface area contributed by atoms with Gasteiger partial charge in [0.1, 0.15) is 12.3 Å². The van der Waals surface area contributed by atoms with Gasteiger partial charge in [0.25, 0.3) is 5.91 Å². The third-order valence-electron chi connectivity index (χ3n) is 4.70. The van der Waals surface area contributed by atoms with Crippen molar-refractivity contribution >= 4 is 33.4 Å². The number of nitrogens with zero attached hydrogens (tertiary/aromatic N) is 2. The molecule has 0 unspecified atom stereocenters. The van der Waals surface area contributed by atoms with E-state index in [0.717, 1.165) is 32.7 Å². The molecule has 1 heterocycles. The van der Waals surface area contributed by atoms with Crippen LogP contribution in [0.15, 0.2) is 41.4 Å².